The zero-order chi connectivity index (χ0) is 15.7. The van der Waals surface area contributed by atoms with Crippen LogP contribution in [0.1, 0.15) is 27.2 Å². The Morgan fingerprint density at radius 3 is 2.41 bits per heavy atom. The molecule has 0 saturated carbocycles. The van der Waals surface area contributed by atoms with Crippen molar-refractivity contribution in [2.75, 3.05) is 7.05 Å². The van der Waals surface area contributed by atoms with Crippen LogP contribution in [0.4, 0.5) is 0 Å². The number of carbonyl (C=O) groups excluding carboxylic acids is 1. The van der Waals surface area contributed by atoms with E-state index in [0.29, 0.717) is 12.3 Å². The molecule has 3 heteroatoms. The van der Waals surface area contributed by atoms with E-state index in [9.17, 15) is 4.79 Å². The van der Waals surface area contributed by atoms with Gasteiger partial charge in [-0.3, -0.25) is 4.79 Å². The number of furan rings is 1. The Morgan fingerprint density at radius 2 is 1.73 bits per heavy atom. The number of hydrogen-bond acceptors (Lipinski definition) is 2. The fourth-order valence-electron chi connectivity index (χ4n) is 2.59. The number of hydrogen-bond donors (Lipinski definition) is 0. The van der Waals surface area contributed by atoms with Gasteiger partial charge in [-0.05, 0) is 25.5 Å². The molecule has 0 unspecified atom stereocenters. The standard InChI is InChI=1S/C19H19NO2/c1-13-8-10-15(11-9-13)12-20(3)19(21)18-14(2)16-6-4-5-7-17(16)22-18/h4-11H,12H2,1-3H3. The summed E-state index contributed by atoms with van der Waals surface area (Å²) >= 11 is 0. The monoisotopic (exact) mass is 293 g/mol. The Labute approximate surface area is 130 Å². The van der Waals surface area contributed by atoms with Gasteiger partial charge in [0.05, 0.1) is 0 Å². The highest BCUT2D eigenvalue weighted by Crippen LogP contribution is 2.26. The molecule has 0 aliphatic carbocycles. The van der Waals surface area contributed by atoms with Gasteiger partial charge in [0.15, 0.2) is 5.76 Å². The predicted octanol–water partition coefficient (Wildman–Crippen LogP) is 4.32. The minimum Gasteiger partial charge on any atom is -0.451 e. The molecule has 1 heterocycles. The maximum Gasteiger partial charge on any atom is 0.289 e. The minimum absolute atomic E-state index is 0.0886. The molecule has 0 bridgehead atoms. The smallest absolute Gasteiger partial charge is 0.289 e. The average Bonchev–Trinajstić information content (AvgIpc) is 2.86. The summed E-state index contributed by atoms with van der Waals surface area (Å²) in [6, 6.07) is 15.9. The molecule has 3 rings (SSSR count). The van der Waals surface area contributed by atoms with E-state index in [2.05, 4.69) is 19.1 Å². The van der Waals surface area contributed by atoms with Gasteiger partial charge in [-0.25, -0.2) is 0 Å². The van der Waals surface area contributed by atoms with Crippen LogP contribution in [0, 0.1) is 13.8 Å². The summed E-state index contributed by atoms with van der Waals surface area (Å²) in [6.07, 6.45) is 0. The van der Waals surface area contributed by atoms with E-state index in [4.69, 9.17) is 4.42 Å². The highest BCUT2D eigenvalue weighted by Gasteiger charge is 2.20. The first-order valence-electron chi connectivity index (χ1n) is 7.35. The molecule has 0 N–H and O–H groups in total. The van der Waals surface area contributed by atoms with E-state index in [1.807, 2.05) is 43.3 Å². The lowest BCUT2D eigenvalue weighted by atomic mass is 10.1. The van der Waals surface area contributed by atoms with Crippen molar-refractivity contribution in [1.82, 2.24) is 4.90 Å². The zero-order valence-corrected chi connectivity index (χ0v) is 13.1. The molecule has 0 radical (unpaired) electrons. The molecule has 3 aromatic rings. The number of para-hydroxylation sites is 1. The van der Waals surface area contributed by atoms with Crippen molar-refractivity contribution in [2.24, 2.45) is 0 Å². The molecule has 3 nitrogen and oxygen atoms in total. The maximum absolute atomic E-state index is 12.6. The normalized spacial score (nSPS) is 10.9. The largest absolute Gasteiger partial charge is 0.451 e. The Morgan fingerprint density at radius 1 is 1.05 bits per heavy atom. The van der Waals surface area contributed by atoms with E-state index >= 15 is 0 Å². The van der Waals surface area contributed by atoms with Gasteiger partial charge >= 0.3 is 0 Å². The van der Waals surface area contributed by atoms with Gasteiger partial charge in [0, 0.05) is 24.5 Å². The maximum atomic E-state index is 12.6. The van der Waals surface area contributed by atoms with Gasteiger partial charge in [-0.1, -0.05) is 48.0 Å². The van der Waals surface area contributed by atoms with Gasteiger partial charge in [0.2, 0.25) is 0 Å². The van der Waals surface area contributed by atoms with Crippen LogP contribution < -0.4 is 0 Å². The molecule has 1 aromatic heterocycles. The second-order valence-electron chi connectivity index (χ2n) is 5.70. The van der Waals surface area contributed by atoms with Crippen molar-refractivity contribution < 1.29 is 9.21 Å². The van der Waals surface area contributed by atoms with Crippen molar-refractivity contribution in [1.29, 1.82) is 0 Å². The molecular weight excluding hydrogens is 274 g/mol. The molecule has 1 amide bonds. The van der Waals surface area contributed by atoms with E-state index < -0.39 is 0 Å². The minimum atomic E-state index is -0.0886. The van der Waals surface area contributed by atoms with E-state index in [-0.39, 0.29) is 5.91 Å². The highest BCUT2D eigenvalue weighted by atomic mass is 16.3. The second kappa shape index (κ2) is 5.68. The van der Waals surface area contributed by atoms with Crippen LogP contribution in [0.15, 0.2) is 52.9 Å². The highest BCUT2D eigenvalue weighted by molar-refractivity contribution is 5.98. The third-order valence-electron chi connectivity index (χ3n) is 3.92. The SMILES string of the molecule is Cc1ccc(CN(C)C(=O)c2oc3ccccc3c2C)cc1. The fraction of sp³-hybridized carbons (Fsp3) is 0.211. The van der Waals surface area contributed by atoms with Crippen LogP contribution in [0.25, 0.3) is 11.0 Å². The summed E-state index contributed by atoms with van der Waals surface area (Å²) in [4.78, 5) is 14.3. The summed E-state index contributed by atoms with van der Waals surface area (Å²) in [5.41, 5.74) is 3.98. The summed E-state index contributed by atoms with van der Waals surface area (Å²) < 4.78 is 5.75. The molecule has 0 atom stereocenters. The number of carbonyl (C=O) groups is 1. The van der Waals surface area contributed by atoms with Crippen molar-refractivity contribution in [2.45, 2.75) is 20.4 Å². The number of amides is 1. The molecule has 22 heavy (non-hydrogen) atoms. The van der Waals surface area contributed by atoms with Gasteiger partial charge in [0.1, 0.15) is 5.58 Å². The summed E-state index contributed by atoms with van der Waals surface area (Å²) in [7, 11) is 1.80. The van der Waals surface area contributed by atoms with Crippen LogP contribution in [0.5, 0.6) is 0 Å². The van der Waals surface area contributed by atoms with Gasteiger partial charge in [-0.15, -0.1) is 0 Å². The molecule has 0 aliphatic heterocycles. The predicted molar refractivity (Wildman–Crippen MR) is 87.9 cm³/mol. The first kappa shape index (κ1) is 14.4. The van der Waals surface area contributed by atoms with Crippen molar-refractivity contribution in [3.8, 4) is 0 Å². The van der Waals surface area contributed by atoms with Crippen LogP contribution in [0.2, 0.25) is 0 Å². The topological polar surface area (TPSA) is 33.5 Å². The Kier molecular flexibility index (Phi) is 3.72. The number of aryl methyl sites for hydroxylation is 2. The van der Waals surface area contributed by atoms with Crippen molar-refractivity contribution in [3.63, 3.8) is 0 Å². The fourth-order valence-corrected chi connectivity index (χ4v) is 2.59. The summed E-state index contributed by atoms with van der Waals surface area (Å²) in [5.74, 6) is 0.338. The molecule has 0 saturated heterocycles. The molecule has 0 fully saturated rings. The number of fused-ring (bicyclic) bond motifs is 1. The molecular formula is C19H19NO2. The van der Waals surface area contributed by atoms with Gasteiger partial charge in [-0.2, -0.15) is 0 Å². The zero-order valence-electron chi connectivity index (χ0n) is 13.1. The van der Waals surface area contributed by atoms with Gasteiger partial charge < -0.3 is 9.32 Å². The number of rotatable bonds is 3. The lowest BCUT2D eigenvalue weighted by Crippen LogP contribution is -2.26. The third-order valence-corrected chi connectivity index (χ3v) is 3.92. The summed E-state index contributed by atoms with van der Waals surface area (Å²) in [6.45, 7) is 4.55. The van der Waals surface area contributed by atoms with Crippen LogP contribution in [-0.4, -0.2) is 17.9 Å². The number of benzene rings is 2. The van der Waals surface area contributed by atoms with E-state index in [1.165, 1.54) is 5.56 Å². The number of nitrogens with zero attached hydrogens (tertiary/aromatic N) is 1. The lowest BCUT2D eigenvalue weighted by Gasteiger charge is -2.16. The Bertz CT molecular complexity index is 815. The van der Waals surface area contributed by atoms with Crippen LogP contribution >= 0.6 is 0 Å². The summed E-state index contributed by atoms with van der Waals surface area (Å²) in [5, 5.41) is 0.995. The molecule has 0 aliphatic rings. The first-order valence-corrected chi connectivity index (χ1v) is 7.35. The van der Waals surface area contributed by atoms with Crippen molar-refractivity contribution >= 4 is 16.9 Å². The van der Waals surface area contributed by atoms with Gasteiger partial charge in [0.25, 0.3) is 5.91 Å². The first-order chi connectivity index (χ1) is 10.6. The average molecular weight is 293 g/mol. The quantitative estimate of drug-likeness (QED) is 0.720. The third kappa shape index (κ3) is 2.62. The molecule has 0 spiro atoms. The van der Waals surface area contributed by atoms with Crippen molar-refractivity contribution in [3.05, 3.63) is 71.0 Å². The Balaban J connectivity index is 1.85. The lowest BCUT2D eigenvalue weighted by molar-refractivity contribution is 0.0755. The van der Waals surface area contributed by atoms with E-state index in [0.717, 1.165) is 22.1 Å². The molecule has 112 valence electrons. The Hall–Kier alpha value is -2.55. The van der Waals surface area contributed by atoms with E-state index in [1.54, 1.807) is 11.9 Å². The van der Waals surface area contributed by atoms with Crippen LogP contribution in [0.3, 0.4) is 0 Å². The van der Waals surface area contributed by atoms with Crippen LogP contribution in [-0.2, 0) is 6.54 Å². The second-order valence-corrected chi connectivity index (χ2v) is 5.70. The molecule has 2 aromatic carbocycles.